The van der Waals surface area contributed by atoms with Gasteiger partial charge in [-0.25, -0.2) is 0 Å². The van der Waals surface area contributed by atoms with Crippen LogP contribution in [-0.2, 0) is 0 Å². The zero-order chi connectivity index (χ0) is 9.15. The highest BCUT2D eigenvalue weighted by molar-refractivity contribution is 8.01. The third-order valence-electron chi connectivity index (χ3n) is 2.43. The second kappa shape index (κ2) is 3.73. The number of hydrogen-bond donors (Lipinski definition) is 0. The maximum absolute atomic E-state index is 8.64. The Morgan fingerprint density at radius 2 is 2.46 bits per heavy atom. The third kappa shape index (κ3) is 2.26. The van der Waals surface area contributed by atoms with Crippen LogP contribution >= 0.6 is 23.1 Å². The van der Waals surface area contributed by atoms with Crippen LogP contribution in [0, 0.1) is 16.7 Å². The Balaban J connectivity index is 1.83. The van der Waals surface area contributed by atoms with Crippen molar-refractivity contribution in [1.29, 1.82) is 5.26 Å². The van der Waals surface area contributed by atoms with Crippen LogP contribution in [0.2, 0.25) is 0 Å². The third-order valence-corrected chi connectivity index (χ3v) is 4.91. The van der Waals surface area contributed by atoms with E-state index in [4.69, 9.17) is 5.26 Å². The number of thioether (sulfide) groups is 1. The van der Waals surface area contributed by atoms with Gasteiger partial charge in [0.15, 0.2) is 0 Å². The van der Waals surface area contributed by atoms with Crippen LogP contribution in [0.3, 0.4) is 0 Å². The summed E-state index contributed by atoms with van der Waals surface area (Å²) in [5.74, 6) is 1.13. The SMILES string of the molecule is N#CCC1(CSc2cccs2)CC1. The quantitative estimate of drug-likeness (QED) is 0.708. The van der Waals surface area contributed by atoms with Crippen molar-refractivity contribution in [1.82, 2.24) is 0 Å². The van der Waals surface area contributed by atoms with E-state index >= 15 is 0 Å². The second-order valence-corrected chi connectivity index (χ2v) is 5.78. The van der Waals surface area contributed by atoms with Crippen molar-refractivity contribution in [3.05, 3.63) is 17.5 Å². The van der Waals surface area contributed by atoms with Crippen LogP contribution in [0.1, 0.15) is 19.3 Å². The van der Waals surface area contributed by atoms with E-state index < -0.39 is 0 Å². The summed E-state index contributed by atoms with van der Waals surface area (Å²) in [5, 5.41) is 10.7. The minimum Gasteiger partial charge on any atom is -0.198 e. The van der Waals surface area contributed by atoms with Gasteiger partial charge in [0, 0.05) is 12.2 Å². The first-order chi connectivity index (χ1) is 6.35. The summed E-state index contributed by atoms with van der Waals surface area (Å²) in [4.78, 5) is 0. The molecule has 1 nitrogen and oxygen atoms in total. The number of nitriles is 1. The predicted molar refractivity (Wildman–Crippen MR) is 56.9 cm³/mol. The summed E-state index contributed by atoms with van der Waals surface area (Å²) < 4.78 is 1.38. The van der Waals surface area contributed by atoms with Gasteiger partial charge in [-0.15, -0.1) is 23.1 Å². The molecule has 0 atom stereocenters. The van der Waals surface area contributed by atoms with E-state index in [9.17, 15) is 0 Å². The van der Waals surface area contributed by atoms with Crippen molar-refractivity contribution in [2.45, 2.75) is 23.5 Å². The lowest BCUT2D eigenvalue weighted by Gasteiger charge is -2.07. The smallest absolute Gasteiger partial charge is 0.0627 e. The Labute approximate surface area is 86.8 Å². The van der Waals surface area contributed by atoms with Crippen molar-refractivity contribution in [3.63, 3.8) is 0 Å². The van der Waals surface area contributed by atoms with Gasteiger partial charge in [-0.3, -0.25) is 0 Å². The molecule has 0 spiro atoms. The summed E-state index contributed by atoms with van der Waals surface area (Å²) in [6, 6.07) is 6.52. The molecule has 0 N–H and O–H groups in total. The molecule has 2 rings (SSSR count). The van der Waals surface area contributed by atoms with E-state index in [-0.39, 0.29) is 0 Å². The maximum Gasteiger partial charge on any atom is 0.0627 e. The summed E-state index contributed by atoms with van der Waals surface area (Å²) in [5.41, 5.74) is 0.378. The van der Waals surface area contributed by atoms with Crippen LogP contribution < -0.4 is 0 Å². The fourth-order valence-corrected chi connectivity index (χ4v) is 3.36. The molecule has 0 unspecified atom stereocenters. The second-order valence-electron chi connectivity index (χ2n) is 3.56. The summed E-state index contributed by atoms with van der Waals surface area (Å²) in [6.45, 7) is 0. The molecule has 1 fully saturated rings. The molecule has 0 aliphatic heterocycles. The zero-order valence-corrected chi connectivity index (χ0v) is 8.96. The topological polar surface area (TPSA) is 23.8 Å². The fraction of sp³-hybridized carbons (Fsp3) is 0.500. The molecule has 13 heavy (non-hydrogen) atoms. The Bertz CT molecular complexity index is 306. The van der Waals surface area contributed by atoms with E-state index in [1.807, 2.05) is 11.8 Å². The molecule has 1 aromatic heterocycles. The van der Waals surface area contributed by atoms with Crippen LogP contribution in [0.4, 0.5) is 0 Å². The number of nitrogens with zero attached hydrogens (tertiary/aromatic N) is 1. The van der Waals surface area contributed by atoms with Crippen molar-refractivity contribution in [2.24, 2.45) is 5.41 Å². The molecular formula is C10H11NS2. The number of rotatable bonds is 4. The predicted octanol–water partition coefficient (Wildman–Crippen LogP) is 3.53. The standard InChI is InChI=1S/C10H11NS2/c11-6-5-10(3-4-10)8-13-9-2-1-7-12-9/h1-2,7H,3-5,8H2. The van der Waals surface area contributed by atoms with E-state index in [0.29, 0.717) is 5.41 Å². The fourth-order valence-electron chi connectivity index (χ4n) is 1.29. The summed E-state index contributed by atoms with van der Waals surface area (Å²) in [7, 11) is 0. The van der Waals surface area contributed by atoms with Gasteiger partial charge in [0.2, 0.25) is 0 Å². The normalized spacial score (nSPS) is 18.1. The molecule has 1 saturated carbocycles. The Hall–Kier alpha value is -0.460. The maximum atomic E-state index is 8.64. The van der Waals surface area contributed by atoms with E-state index in [1.165, 1.54) is 17.1 Å². The first-order valence-corrected chi connectivity index (χ1v) is 6.24. The largest absolute Gasteiger partial charge is 0.198 e. The first-order valence-electron chi connectivity index (χ1n) is 4.38. The molecule has 1 aliphatic rings. The molecule has 0 radical (unpaired) electrons. The molecule has 0 bridgehead atoms. The highest BCUT2D eigenvalue weighted by Gasteiger charge is 2.42. The molecule has 0 saturated heterocycles. The van der Waals surface area contributed by atoms with Crippen molar-refractivity contribution < 1.29 is 0 Å². The van der Waals surface area contributed by atoms with E-state index in [0.717, 1.165) is 12.2 Å². The molecule has 68 valence electrons. The summed E-state index contributed by atoms with van der Waals surface area (Å²) in [6.07, 6.45) is 3.24. The van der Waals surface area contributed by atoms with Gasteiger partial charge >= 0.3 is 0 Å². The molecule has 3 heteroatoms. The van der Waals surface area contributed by atoms with Crippen LogP contribution in [-0.4, -0.2) is 5.75 Å². The molecular weight excluding hydrogens is 198 g/mol. The van der Waals surface area contributed by atoms with Gasteiger partial charge < -0.3 is 0 Å². The zero-order valence-electron chi connectivity index (χ0n) is 7.32. The minimum absolute atomic E-state index is 0.378. The number of hydrogen-bond acceptors (Lipinski definition) is 3. The van der Waals surface area contributed by atoms with Gasteiger partial charge in [0.1, 0.15) is 0 Å². The highest BCUT2D eigenvalue weighted by Crippen LogP contribution is 2.51. The molecule has 1 aliphatic carbocycles. The highest BCUT2D eigenvalue weighted by atomic mass is 32.2. The molecule has 0 aromatic carbocycles. The molecule has 1 aromatic rings. The van der Waals surface area contributed by atoms with Gasteiger partial charge in [0.05, 0.1) is 10.3 Å². The van der Waals surface area contributed by atoms with Gasteiger partial charge in [-0.2, -0.15) is 5.26 Å². The lowest BCUT2D eigenvalue weighted by Crippen LogP contribution is -2.01. The first kappa shape index (κ1) is 9.11. The Kier molecular flexibility index (Phi) is 2.61. The molecule has 1 heterocycles. The van der Waals surface area contributed by atoms with Crippen LogP contribution in [0.25, 0.3) is 0 Å². The van der Waals surface area contributed by atoms with E-state index in [1.54, 1.807) is 11.3 Å². The van der Waals surface area contributed by atoms with Crippen LogP contribution in [0.5, 0.6) is 0 Å². The lowest BCUT2D eigenvalue weighted by atomic mass is 10.1. The Morgan fingerprint density at radius 3 is 3.00 bits per heavy atom. The number of thiophene rings is 1. The van der Waals surface area contributed by atoms with Crippen molar-refractivity contribution in [2.75, 3.05) is 5.75 Å². The van der Waals surface area contributed by atoms with Crippen LogP contribution in [0.15, 0.2) is 21.7 Å². The lowest BCUT2D eigenvalue weighted by molar-refractivity contribution is 0.604. The van der Waals surface area contributed by atoms with Gasteiger partial charge in [-0.05, 0) is 29.7 Å². The minimum atomic E-state index is 0.378. The van der Waals surface area contributed by atoms with Crippen molar-refractivity contribution >= 4 is 23.1 Å². The average Bonchev–Trinajstić information content (AvgIpc) is 2.71. The average molecular weight is 209 g/mol. The van der Waals surface area contributed by atoms with Crippen molar-refractivity contribution in [3.8, 4) is 6.07 Å². The monoisotopic (exact) mass is 209 g/mol. The Morgan fingerprint density at radius 1 is 1.62 bits per heavy atom. The summed E-state index contributed by atoms with van der Waals surface area (Å²) >= 11 is 3.69. The van der Waals surface area contributed by atoms with Gasteiger partial charge in [0.25, 0.3) is 0 Å². The molecule has 0 amide bonds. The van der Waals surface area contributed by atoms with E-state index in [2.05, 4.69) is 23.6 Å². The van der Waals surface area contributed by atoms with Gasteiger partial charge in [-0.1, -0.05) is 6.07 Å².